The zero-order valence-electron chi connectivity index (χ0n) is 20.6. The molecule has 0 fully saturated rings. The highest BCUT2D eigenvalue weighted by atomic mass is 19.4. The number of benzene rings is 3. The van der Waals surface area contributed by atoms with E-state index in [0.29, 0.717) is 30.8 Å². The molecule has 0 aliphatic rings. The summed E-state index contributed by atoms with van der Waals surface area (Å²) in [7, 11) is 4.70. The Balaban J connectivity index is 1.87. The molecule has 0 heterocycles. The van der Waals surface area contributed by atoms with Gasteiger partial charge in [-0.2, -0.15) is 13.2 Å². The second kappa shape index (κ2) is 12.4. The van der Waals surface area contributed by atoms with Crippen LogP contribution >= 0.6 is 0 Å². The van der Waals surface area contributed by atoms with Crippen molar-refractivity contribution in [1.29, 1.82) is 0 Å². The van der Waals surface area contributed by atoms with Crippen LogP contribution in [0.15, 0.2) is 72.8 Å². The number of carbonyl (C=O) groups excluding carboxylic acids is 1. The molecule has 2 N–H and O–H groups in total. The summed E-state index contributed by atoms with van der Waals surface area (Å²) in [6.07, 6.45) is -2.84. The highest BCUT2D eigenvalue weighted by molar-refractivity contribution is 5.81. The van der Waals surface area contributed by atoms with Crippen LogP contribution in [-0.4, -0.2) is 33.2 Å². The summed E-state index contributed by atoms with van der Waals surface area (Å²) in [5.74, 6) is 0.976. The van der Waals surface area contributed by atoms with Crippen molar-refractivity contribution in [2.75, 3.05) is 21.3 Å². The van der Waals surface area contributed by atoms with Gasteiger partial charge in [0.25, 0.3) is 0 Å². The number of ether oxygens (including phenoxy) is 2. The Morgan fingerprint density at radius 1 is 0.889 bits per heavy atom. The summed E-state index contributed by atoms with van der Waals surface area (Å²) < 4.78 is 49.7. The van der Waals surface area contributed by atoms with Crippen LogP contribution in [-0.2, 0) is 23.8 Å². The first-order chi connectivity index (χ1) is 17.2. The largest absolute Gasteiger partial charge is 0.493 e. The minimum Gasteiger partial charge on any atom is -0.493 e. The molecular formula is C28H31F3N2O3. The number of likely N-dealkylation sites (N-methyl/N-ethyl adjacent to an activating group) is 1. The van der Waals surface area contributed by atoms with Gasteiger partial charge in [0.2, 0.25) is 5.91 Å². The first kappa shape index (κ1) is 27.1. The number of methoxy groups -OCH3 is 2. The molecule has 1 amide bonds. The van der Waals surface area contributed by atoms with E-state index in [0.717, 1.165) is 28.8 Å². The van der Waals surface area contributed by atoms with Gasteiger partial charge in [-0.05, 0) is 60.2 Å². The molecule has 0 spiro atoms. The topological polar surface area (TPSA) is 59.6 Å². The second-order valence-electron chi connectivity index (χ2n) is 8.42. The summed E-state index contributed by atoms with van der Waals surface area (Å²) in [6, 6.07) is 19.6. The fourth-order valence-electron chi connectivity index (χ4n) is 4.08. The average Bonchev–Trinajstić information content (AvgIpc) is 2.89. The molecule has 5 nitrogen and oxygen atoms in total. The summed E-state index contributed by atoms with van der Waals surface area (Å²) in [5, 5.41) is 6.20. The van der Waals surface area contributed by atoms with Crippen LogP contribution in [0.2, 0.25) is 0 Å². The third-order valence-corrected chi connectivity index (χ3v) is 6.06. The third kappa shape index (κ3) is 7.24. The highest BCUT2D eigenvalue weighted by Gasteiger charge is 2.30. The van der Waals surface area contributed by atoms with Crippen LogP contribution < -0.4 is 20.1 Å². The van der Waals surface area contributed by atoms with E-state index in [-0.39, 0.29) is 11.9 Å². The summed E-state index contributed by atoms with van der Waals surface area (Å²) >= 11 is 0. The molecule has 3 aromatic carbocycles. The average molecular weight is 501 g/mol. The van der Waals surface area contributed by atoms with Gasteiger partial charge in [0.15, 0.2) is 11.5 Å². The number of amides is 1. The maximum atomic E-state index is 12.9. The maximum Gasteiger partial charge on any atom is 0.416 e. The Labute approximate surface area is 209 Å². The SMILES string of the molecule is CNC(=O)C(Cc1ccccc1)N[C@@H](CCc1ccc(C(F)(F)F)cc1)c1ccc(OC)c(OC)c1. The molecule has 0 aliphatic heterocycles. The molecule has 192 valence electrons. The fourth-order valence-corrected chi connectivity index (χ4v) is 4.08. The number of hydrogen-bond acceptors (Lipinski definition) is 4. The summed E-state index contributed by atoms with van der Waals surface area (Å²) in [5.41, 5.74) is 1.98. The Hall–Kier alpha value is -3.52. The molecule has 0 saturated carbocycles. The normalized spacial score (nSPS) is 13.1. The van der Waals surface area contributed by atoms with Gasteiger partial charge in [-0.1, -0.05) is 48.5 Å². The lowest BCUT2D eigenvalue weighted by Gasteiger charge is -2.26. The standard InChI is InChI=1S/C28H31F3N2O3/c1-32-27(34)24(17-20-7-5-4-6-8-20)33-23(21-12-16-25(35-2)26(18-21)36-3)15-11-19-9-13-22(14-10-19)28(29,30)31/h4-10,12-14,16,18,23-24,33H,11,15,17H2,1-3H3,(H,32,34)/t23-,24?/m0/s1. The number of nitrogens with one attached hydrogen (secondary N) is 2. The van der Waals surface area contributed by atoms with Gasteiger partial charge >= 0.3 is 6.18 Å². The van der Waals surface area contributed by atoms with Gasteiger partial charge in [0.05, 0.1) is 25.8 Å². The Morgan fingerprint density at radius 2 is 1.56 bits per heavy atom. The predicted molar refractivity (Wildman–Crippen MR) is 133 cm³/mol. The van der Waals surface area contributed by atoms with Crippen molar-refractivity contribution in [1.82, 2.24) is 10.6 Å². The molecule has 8 heteroatoms. The monoisotopic (exact) mass is 500 g/mol. The van der Waals surface area contributed by atoms with Gasteiger partial charge in [-0.3, -0.25) is 10.1 Å². The molecule has 1 unspecified atom stereocenters. The van der Waals surface area contributed by atoms with Crippen LogP contribution in [0.4, 0.5) is 13.2 Å². The zero-order chi connectivity index (χ0) is 26.1. The molecule has 2 atom stereocenters. The van der Waals surface area contributed by atoms with Crippen LogP contribution in [0.25, 0.3) is 0 Å². The van der Waals surface area contributed by atoms with E-state index in [1.165, 1.54) is 12.1 Å². The van der Waals surface area contributed by atoms with E-state index >= 15 is 0 Å². The lowest BCUT2D eigenvalue weighted by molar-refractivity contribution is -0.137. The number of rotatable bonds is 11. The lowest BCUT2D eigenvalue weighted by atomic mass is 9.95. The van der Waals surface area contributed by atoms with Crippen molar-refractivity contribution >= 4 is 5.91 Å². The molecule has 0 saturated heterocycles. The number of aryl methyl sites for hydroxylation is 1. The van der Waals surface area contributed by atoms with Crippen LogP contribution in [0.1, 0.15) is 34.7 Å². The first-order valence-corrected chi connectivity index (χ1v) is 11.6. The maximum absolute atomic E-state index is 12.9. The fraction of sp³-hybridized carbons (Fsp3) is 0.321. The highest BCUT2D eigenvalue weighted by Crippen LogP contribution is 2.33. The third-order valence-electron chi connectivity index (χ3n) is 6.06. The van der Waals surface area contributed by atoms with Gasteiger partial charge in [0, 0.05) is 13.1 Å². The van der Waals surface area contributed by atoms with E-state index in [1.54, 1.807) is 27.3 Å². The van der Waals surface area contributed by atoms with Gasteiger partial charge in [-0.15, -0.1) is 0 Å². The van der Waals surface area contributed by atoms with E-state index < -0.39 is 17.8 Å². The number of hydrogen-bond donors (Lipinski definition) is 2. The van der Waals surface area contributed by atoms with Crippen molar-refractivity contribution in [2.24, 2.45) is 0 Å². The minimum absolute atomic E-state index is 0.154. The number of halogens is 3. The molecular weight excluding hydrogens is 469 g/mol. The smallest absolute Gasteiger partial charge is 0.416 e. The quantitative estimate of drug-likeness (QED) is 0.373. The van der Waals surface area contributed by atoms with Crippen LogP contribution in [0.5, 0.6) is 11.5 Å². The van der Waals surface area contributed by atoms with E-state index in [9.17, 15) is 18.0 Å². The van der Waals surface area contributed by atoms with Gasteiger partial charge < -0.3 is 14.8 Å². The molecule has 0 aromatic heterocycles. The summed E-state index contributed by atoms with van der Waals surface area (Å²) in [6.45, 7) is 0. The summed E-state index contributed by atoms with van der Waals surface area (Å²) in [4.78, 5) is 12.8. The molecule has 0 aliphatic carbocycles. The van der Waals surface area contributed by atoms with Crippen molar-refractivity contribution < 1.29 is 27.4 Å². The van der Waals surface area contributed by atoms with E-state index in [1.807, 2.05) is 42.5 Å². The van der Waals surface area contributed by atoms with E-state index in [2.05, 4.69) is 10.6 Å². The zero-order valence-corrected chi connectivity index (χ0v) is 20.6. The number of carbonyl (C=O) groups is 1. The molecule has 3 aromatic rings. The van der Waals surface area contributed by atoms with Crippen molar-refractivity contribution in [2.45, 2.75) is 37.5 Å². The molecule has 36 heavy (non-hydrogen) atoms. The Morgan fingerprint density at radius 3 is 2.14 bits per heavy atom. The Bertz CT molecular complexity index is 1120. The molecule has 0 radical (unpaired) electrons. The van der Waals surface area contributed by atoms with Gasteiger partial charge in [0.1, 0.15) is 0 Å². The van der Waals surface area contributed by atoms with Crippen LogP contribution in [0, 0.1) is 0 Å². The first-order valence-electron chi connectivity index (χ1n) is 11.6. The van der Waals surface area contributed by atoms with Crippen LogP contribution in [0.3, 0.4) is 0 Å². The van der Waals surface area contributed by atoms with Crippen molar-refractivity contribution in [3.05, 3.63) is 95.1 Å². The number of alkyl halides is 3. The van der Waals surface area contributed by atoms with Crippen molar-refractivity contribution in [3.63, 3.8) is 0 Å². The van der Waals surface area contributed by atoms with Gasteiger partial charge in [-0.25, -0.2) is 0 Å². The molecule has 0 bridgehead atoms. The lowest BCUT2D eigenvalue weighted by Crippen LogP contribution is -2.46. The molecule has 3 rings (SSSR count). The van der Waals surface area contributed by atoms with Crippen molar-refractivity contribution in [3.8, 4) is 11.5 Å². The Kier molecular flexibility index (Phi) is 9.36. The minimum atomic E-state index is -4.37. The second-order valence-corrected chi connectivity index (χ2v) is 8.42. The predicted octanol–water partition coefficient (Wildman–Crippen LogP) is 5.34. The van der Waals surface area contributed by atoms with E-state index in [4.69, 9.17) is 9.47 Å².